The highest BCUT2D eigenvalue weighted by molar-refractivity contribution is 7.89. The SMILES string of the molecule is O=S(=O)(c1ccccc1Cl)N1CCN(CCCc2ccccc2)CC1. The largest absolute Gasteiger partial charge is 0.301 e. The van der Waals surface area contributed by atoms with Crippen molar-refractivity contribution in [2.45, 2.75) is 17.7 Å². The summed E-state index contributed by atoms with van der Waals surface area (Å²) in [6, 6.07) is 17.1. The summed E-state index contributed by atoms with van der Waals surface area (Å²) in [6.45, 7) is 3.55. The Bertz CT molecular complexity index is 788. The Balaban J connectivity index is 1.51. The zero-order chi connectivity index (χ0) is 17.7. The van der Waals surface area contributed by atoms with Crippen LogP contribution in [-0.4, -0.2) is 50.3 Å². The molecular formula is C19H23ClN2O2S. The maximum atomic E-state index is 12.7. The Kier molecular flexibility index (Phi) is 6.12. The van der Waals surface area contributed by atoms with Crippen LogP contribution in [0, 0.1) is 0 Å². The lowest BCUT2D eigenvalue weighted by molar-refractivity contribution is 0.187. The van der Waals surface area contributed by atoms with Crippen molar-refractivity contribution < 1.29 is 8.42 Å². The van der Waals surface area contributed by atoms with Crippen molar-refractivity contribution >= 4 is 21.6 Å². The molecule has 25 heavy (non-hydrogen) atoms. The molecule has 1 aliphatic rings. The highest BCUT2D eigenvalue weighted by Gasteiger charge is 2.29. The monoisotopic (exact) mass is 378 g/mol. The Morgan fingerprint density at radius 1 is 0.880 bits per heavy atom. The van der Waals surface area contributed by atoms with E-state index < -0.39 is 10.0 Å². The standard InChI is InChI=1S/C19H23ClN2O2S/c20-18-10-4-5-11-19(18)25(23,24)22-15-13-21(14-16-22)12-6-9-17-7-2-1-3-8-17/h1-5,7-8,10-11H,6,9,12-16H2. The summed E-state index contributed by atoms with van der Waals surface area (Å²) in [4.78, 5) is 2.54. The number of rotatable bonds is 6. The van der Waals surface area contributed by atoms with E-state index >= 15 is 0 Å². The predicted molar refractivity (Wildman–Crippen MR) is 101 cm³/mol. The van der Waals surface area contributed by atoms with Crippen molar-refractivity contribution in [2.24, 2.45) is 0 Å². The summed E-state index contributed by atoms with van der Waals surface area (Å²) in [5.41, 5.74) is 1.35. The van der Waals surface area contributed by atoms with Gasteiger partial charge in [0.25, 0.3) is 0 Å². The van der Waals surface area contributed by atoms with Gasteiger partial charge < -0.3 is 4.90 Å². The lowest BCUT2D eigenvalue weighted by Gasteiger charge is -2.34. The van der Waals surface area contributed by atoms with Crippen LogP contribution in [0.15, 0.2) is 59.5 Å². The first-order valence-corrected chi connectivity index (χ1v) is 10.4. The third-order valence-corrected chi connectivity index (χ3v) is 6.97. The van der Waals surface area contributed by atoms with E-state index in [9.17, 15) is 8.42 Å². The van der Waals surface area contributed by atoms with Gasteiger partial charge in [0.05, 0.1) is 5.02 Å². The van der Waals surface area contributed by atoms with E-state index in [2.05, 4.69) is 29.2 Å². The molecule has 3 rings (SSSR count). The minimum Gasteiger partial charge on any atom is -0.301 e. The van der Waals surface area contributed by atoms with Crippen molar-refractivity contribution in [1.29, 1.82) is 0 Å². The number of benzene rings is 2. The highest BCUT2D eigenvalue weighted by atomic mass is 35.5. The molecule has 6 heteroatoms. The van der Waals surface area contributed by atoms with Gasteiger partial charge in [-0.2, -0.15) is 4.31 Å². The highest BCUT2D eigenvalue weighted by Crippen LogP contribution is 2.25. The van der Waals surface area contributed by atoms with Crippen LogP contribution in [0.2, 0.25) is 5.02 Å². The minimum absolute atomic E-state index is 0.203. The van der Waals surface area contributed by atoms with E-state index in [-0.39, 0.29) is 9.92 Å². The molecule has 0 unspecified atom stereocenters. The lowest BCUT2D eigenvalue weighted by Crippen LogP contribution is -2.48. The molecular weight excluding hydrogens is 356 g/mol. The zero-order valence-electron chi connectivity index (χ0n) is 14.1. The summed E-state index contributed by atoms with van der Waals surface area (Å²) in [7, 11) is -3.50. The zero-order valence-corrected chi connectivity index (χ0v) is 15.7. The Morgan fingerprint density at radius 2 is 1.52 bits per heavy atom. The molecule has 0 atom stereocenters. The van der Waals surface area contributed by atoms with Gasteiger partial charge in [0.1, 0.15) is 4.90 Å². The van der Waals surface area contributed by atoms with Gasteiger partial charge in [0.2, 0.25) is 10.0 Å². The van der Waals surface area contributed by atoms with Gasteiger partial charge in [0, 0.05) is 26.2 Å². The average molecular weight is 379 g/mol. The van der Waals surface area contributed by atoms with E-state index in [0.717, 1.165) is 32.5 Å². The van der Waals surface area contributed by atoms with Crippen LogP contribution in [0.3, 0.4) is 0 Å². The fourth-order valence-corrected chi connectivity index (χ4v) is 5.05. The van der Waals surface area contributed by atoms with E-state index in [0.29, 0.717) is 13.1 Å². The second-order valence-corrected chi connectivity index (χ2v) is 8.58. The lowest BCUT2D eigenvalue weighted by atomic mass is 10.1. The number of aryl methyl sites for hydroxylation is 1. The predicted octanol–water partition coefficient (Wildman–Crippen LogP) is 3.28. The molecule has 134 valence electrons. The fourth-order valence-electron chi connectivity index (χ4n) is 3.14. The molecule has 1 aliphatic heterocycles. The van der Waals surface area contributed by atoms with Gasteiger partial charge in [-0.05, 0) is 37.1 Å². The molecule has 4 nitrogen and oxygen atoms in total. The number of hydrogen-bond acceptors (Lipinski definition) is 3. The summed E-state index contributed by atoms with van der Waals surface area (Å²) in [6.07, 6.45) is 2.14. The molecule has 0 amide bonds. The Labute approximate surface area is 155 Å². The van der Waals surface area contributed by atoms with Crippen molar-refractivity contribution in [3.8, 4) is 0 Å². The number of hydrogen-bond donors (Lipinski definition) is 0. The summed E-state index contributed by atoms with van der Waals surface area (Å²) >= 11 is 6.07. The van der Waals surface area contributed by atoms with Crippen LogP contribution in [0.4, 0.5) is 0 Å². The minimum atomic E-state index is -3.50. The number of piperazine rings is 1. The topological polar surface area (TPSA) is 40.6 Å². The van der Waals surface area contributed by atoms with E-state index in [1.54, 1.807) is 28.6 Å². The fraction of sp³-hybridized carbons (Fsp3) is 0.368. The van der Waals surface area contributed by atoms with Crippen LogP contribution < -0.4 is 0 Å². The van der Waals surface area contributed by atoms with E-state index in [4.69, 9.17) is 11.6 Å². The number of nitrogens with zero attached hydrogens (tertiary/aromatic N) is 2. The van der Waals surface area contributed by atoms with Gasteiger partial charge in [-0.1, -0.05) is 54.1 Å². The van der Waals surface area contributed by atoms with Crippen molar-refractivity contribution in [1.82, 2.24) is 9.21 Å². The maximum Gasteiger partial charge on any atom is 0.244 e. The first-order valence-electron chi connectivity index (χ1n) is 8.58. The number of halogens is 1. The summed E-state index contributed by atoms with van der Waals surface area (Å²) in [5.74, 6) is 0. The van der Waals surface area contributed by atoms with E-state index in [1.165, 1.54) is 5.56 Å². The molecule has 0 N–H and O–H groups in total. The Morgan fingerprint density at radius 3 is 2.20 bits per heavy atom. The van der Waals surface area contributed by atoms with Crippen LogP contribution in [0.25, 0.3) is 0 Å². The normalized spacial score (nSPS) is 16.8. The molecule has 0 radical (unpaired) electrons. The maximum absolute atomic E-state index is 12.7. The van der Waals surface area contributed by atoms with Crippen molar-refractivity contribution in [3.05, 3.63) is 65.2 Å². The third-order valence-electron chi connectivity index (χ3n) is 4.57. The quantitative estimate of drug-likeness (QED) is 0.774. The van der Waals surface area contributed by atoms with Gasteiger partial charge in [-0.3, -0.25) is 0 Å². The van der Waals surface area contributed by atoms with Gasteiger partial charge in [-0.25, -0.2) is 8.42 Å². The second-order valence-electron chi connectivity index (χ2n) is 6.27. The molecule has 0 aliphatic carbocycles. The molecule has 0 saturated carbocycles. The van der Waals surface area contributed by atoms with Crippen LogP contribution in [0.5, 0.6) is 0 Å². The molecule has 0 aromatic heterocycles. The average Bonchev–Trinajstić information content (AvgIpc) is 2.63. The molecule has 1 saturated heterocycles. The van der Waals surface area contributed by atoms with Gasteiger partial charge in [-0.15, -0.1) is 0 Å². The summed E-state index contributed by atoms with van der Waals surface area (Å²) < 4.78 is 27.0. The van der Waals surface area contributed by atoms with E-state index in [1.807, 2.05) is 6.07 Å². The van der Waals surface area contributed by atoms with Gasteiger partial charge >= 0.3 is 0 Å². The smallest absolute Gasteiger partial charge is 0.244 e. The first-order chi connectivity index (χ1) is 12.1. The first kappa shape index (κ1) is 18.4. The molecule has 0 spiro atoms. The number of sulfonamides is 1. The third kappa shape index (κ3) is 4.61. The molecule has 1 heterocycles. The van der Waals surface area contributed by atoms with Crippen LogP contribution in [0.1, 0.15) is 12.0 Å². The van der Waals surface area contributed by atoms with Gasteiger partial charge in [0.15, 0.2) is 0 Å². The Hall–Kier alpha value is -1.40. The van der Waals surface area contributed by atoms with Crippen LogP contribution in [-0.2, 0) is 16.4 Å². The second kappa shape index (κ2) is 8.32. The summed E-state index contributed by atoms with van der Waals surface area (Å²) in [5, 5.41) is 0.285. The molecule has 2 aromatic carbocycles. The molecule has 0 bridgehead atoms. The van der Waals surface area contributed by atoms with Crippen molar-refractivity contribution in [2.75, 3.05) is 32.7 Å². The van der Waals surface area contributed by atoms with Crippen LogP contribution >= 0.6 is 11.6 Å². The van der Waals surface area contributed by atoms with Crippen molar-refractivity contribution in [3.63, 3.8) is 0 Å². The molecule has 1 fully saturated rings. The molecule has 2 aromatic rings.